The van der Waals surface area contributed by atoms with Gasteiger partial charge in [0.25, 0.3) is 5.89 Å². The molecule has 4 heterocycles. The molecule has 0 unspecified atom stereocenters. The van der Waals surface area contributed by atoms with Gasteiger partial charge in [0.2, 0.25) is 12.3 Å². The van der Waals surface area contributed by atoms with Gasteiger partial charge in [0.05, 0.1) is 42.3 Å². The van der Waals surface area contributed by atoms with E-state index >= 15 is 0 Å². The fourth-order valence-electron chi connectivity index (χ4n) is 4.81. The second kappa shape index (κ2) is 12.6. The summed E-state index contributed by atoms with van der Waals surface area (Å²) in [6.45, 7) is -0.00785. The molecule has 1 saturated heterocycles. The van der Waals surface area contributed by atoms with Gasteiger partial charge in [-0.25, -0.2) is 0 Å². The van der Waals surface area contributed by atoms with Crippen molar-refractivity contribution in [3.05, 3.63) is 60.5 Å². The first-order chi connectivity index (χ1) is 20.1. The zero-order valence-corrected chi connectivity index (χ0v) is 23.2. The van der Waals surface area contributed by atoms with E-state index in [1.807, 2.05) is 35.3 Å². The Balaban J connectivity index is 1.26. The number of piperidine rings is 1. The lowest BCUT2D eigenvalue weighted by Crippen LogP contribution is -2.40. The Labute approximate surface area is 241 Å². The summed E-state index contributed by atoms with van der Waals surface area (Å²) in [6, 6.07) is 8.94. The number of rotatable bonds is 10. The summed E-state index contributed by atoms with van der Waals surface area (Å²) >= 11 is 1.47. The summed E-state index contributed by atoms with van der Waals surface area (Å²) in [6.07, 6.45) is 1.76. The third kappa shape index (κ3) is 6.95. The number of hydrogen-bond donors (Lipinski definition) is 0. The van der Waals surface area contributed by atoms with Crippen molar-refractivity contribution in [2.24, 2.45) is 0 Å². The van der Waals surface area contributed by atoms with Crippen LogP contribution < -0.4 is 4.90 Å². The zero-order chi connectivity index (χ0) is 29.9. The number of alkyl halides is 5. The molecule has 4 aromatic rings. The molecule has 3 aromatic heterocycles. The van der Waals surface area contributed by atoms with Gasteiger partial charge in [-0.2, -0.15) is 27.1 Å². The quantitative estimate of drug-likeness (QED) is 0.123. The average molecular weight is 608 g/mol. The van der Waals surface area contributed by atoms with Crippen LogP contribution in [0.1, 0.15) is 36.9 Å². The van der Waals surface area contributed by atoms with Crippen LogP contribution in [0.2, 0.25) is 0 Å². The van der Waals surface area contributed by atoms with Gasteiger partial charge in [0, 0.05) is 35.9 Å². The Hall–Kier alpha value is -3.85. The molecule has 1 aliphatic rings. The number of aromatic nitrogens is 5. The monoisotopic (exact) mass is 607 g/mol. The fraction of sp³-hybridized carbons (Fsp3) is 0.370. The summed E-state index contributed by atoms with van der Waals surface area (Å²) in [7, 11) is 0. The summed E-state index contributed by atoms with van der Waals surface area (Å²) in [4.78, 5) is 20.2. The van der Waals surface area contributed by atoms with E-state index in [9.17, 15) is 26.7 Å². The van der Waals surface area contributed by atoms with E-state index in [1.54, 1.807) is 18.3 Å². The van der Waals surface area contributed by atoms with Crippen molar-refractivity contribution < 1.29 is 31.2 Å². The molecule has 1 fully saturated rings. The van der Waals surface area contributed by atoms with Gasteiger partial charge in [-0.15, -0.1) is 22.0 Å². The van der Waals surface area contributed by atoms with Crippen molar-refractivity contribution in [2.75, 3.05) is 30.8 Å². The normalized spacial score (nSPS) is 14.9. The SMILES string of the molecule is CSc1cc(-c2cnn(C3CCN(CC(F)(F)F)CC3)c2)ccc1N(C=O)Cc1ccc(-c2nnc(C(F)F)o2)cn1. The number of thioether (sulfide) groups is 1. The van der Waals surface area contributed by atoms with Crippen molar-refractivity contribution in [3.63, 3.8) is 0 Å². The maximum atomic E-state index is 12.7. The number of nitrogens with zero attached hydrogens (tertiary/aromatic N) is 7. The fourth-order valence-corrected chi connectivity index (χ4v) is 5.45. The summed E-state index contributed by atoms with van der Waals surface area (Å²) in [5.41, 5.74) is 3.35. The molecular formula is C27H26F5N7O2S. The molecular weight excluding hydrogens is 581 g/mol. The van der Waals surface area contributed by atoms with E-state index in [0.29, 0.717) is 49.3 Å². The topological polar surface area (TPSA) is 93.2 Å². The van der Waals surface area contributed by atoms with Gasteiger partial charge >= 0.3 is 12.6 Å². The summed E-state index contributed by atoms with van der Waals surface area (Å²) < 4.78 is 70.4. The molecule has 0 spiro atoms. The minimum Gasteiger partial charge on any atom is -0.415 e. The van der Waals surface area contributed by atoms with Gasteiger partial charge in [-0.3, -0.25) is 19.4 Å². The molecule has 1 amide bonds. The Kier molecular flexibility index (Phi) is 8.87. The molecule has 0 aliphatic carbocycles. The van der Waals surface area contributed by atoms with Gasteiger partial charge in [-0.1, -0.05) is 6.07 Å². The number of pyridine rings is 1. The molecule has 0 N–H and O–H groups in total. The standard InChI is InChI=1S/C27H26F5N7O2S/c1-42-23-10-17(19-12-34-39(13-19)21-6-8-37(9-7-21)15-27(30,31)32)3-5-22(23)38(16-40)14-20-4-2-18(11-33-20)25-35-36-26(41-25)24(28)29/h2-5,10-13,16,21,24H,6-9,14-15H2,1H3. The smallest absolute Gasteiger partial charge is 0.401 e. The number of halogens is 5. The van der Waals surface area contributed by atoms with Crippen LogP contribution in [-0.4, -0.2) is 68.3 Å². The highest BCUT2D eigenvalue weighted by Crippen LogP contribution is 2.34. The highest BCUT2D eigenvalue weighted by molar-refractivity contribution is 7.98. The molecule has 15 heteroatoms. The Morgan fingerprint density at radius 3 is 2.48 bits per heavy atom. The average Bonchev–Trinajstić information content (AvgIpc) is 3.67. The molecule has 0 radical (unpaired) electrons. The lowest BCUT2D eigenvalue weighted by Gasteiger charge is -2.32. The number of amides is 1. The van der Waals surface area contributed by atoms with Crippen molar-refractivity contribution in [1.29, 1.82) is 0 Å². The molecule has 1 aliphatic heterocycles. The van der Waals surface area contributed by atoms with Crippen LogP contribution in [0, 0.1) is 0 Å². The van der Waals surface area contributed by atoms with Crippen molar-refractivity contribution >= 4 is 23.9 Å². The van der Waals surface area contributed by atoms with E-state index in [2.05, 4.69) is 20.3 Å². The molecule has 222 valence electrons. The van der Waals surface area contributed by atoms with Gasteiger partial charge < -0.3 is 9.32 Å². The Morgan fingerprint density at radius 2 is 1.86 bits per heavy atom. The summed E-state index contributed by atoms with van der Waals surface area (Å²) in [5.74, 6) is -0.848. The van der Waals surface area contributed by atoms with E-state index in [-0.39, 0.29) is 18.5 Å². The maximum absolute atomic E-state index is 12.7. The maximum Gasteiger partial charge on any atom is 0.401 e. The third-order valence-electron chi connectivity index (χ3n) is 6.92. The first-order valence-electron chi connectivity index (χ1n) is 12.9. The number of carbonyl (C=O) groups excluding carboxylic acids is 1. The number of hydrogen-bond acceptors (Lipinski definition) is 8. The number of benzene rings is 1. The zero-order valence-electron chi connectivity index (χ0n) is 22.3. The van der Waals surface area contributed by atoms with Crippen LogP contribution >= 0.6 is 11.8 Å². The molecule has 0 atom stereocenters. The largest absolute Gasteiger partial charge is 0.415 e. The molecule has 1 aromatic carbocycles. The van der Waals surface area contributed by atoms with Crippen molar-refractivity contribution in [1.82, 2.24) is 29.9 Å². The number of anilines is 1. The molecule has 0 saturated carbocycles. The van der Waals surface area contributed by atoms with E-state index in [0.717, 1.165) is 16.0 Å². The van der Waals surface area contributed by atoms with Crippen LogP contribution in [0.25, 0.3) is 22.6 Å². The van der Waals surface area contributed by atoms with Crippen LogP contribution in [0.4, 0.5) is 27.6 Å². The first-order valence-corrected chi connectivity index (χ1v) is 14.2. The van der Waals surface area contributed by atoms with Crippen molar-refractivity contribution in [3.8, 4) is 22.6 Å². The predicted molar refractivity (Wildman–Crippen MR) is 145 cm³/mol. The minimum absolute atomic E-state index is 0.0261. The van der Waals surface area contributed by atoms with Gasteiger partial charge in [-0.05, 0) is 48.9 Å². The minimum atomic E-state index is -4.20. The highest BCUT2D eigenvalue weighted by atomic mass is 32.2. The van der Waals surface area contributed by atoms with Gasteiger partial charge in [0.1, 0.15) is 0 Å². The Morgan fingerprint density at radius 1 is 1.10 bits per heavy atom. The van der Waals surface area contributed by atoms with E-state index in [4.69, 9.17) is 4.42 Å². The first kappa shape index (κ1) is 29.6. The lowest BCUT2D eigenvalue weighted by molar-refractivity contribution is -0.148. The Bertz CT molecular complexity index is 1500. The summed E-state index contributed by atoms with van der Waals surface area (Å²) in [5, 5.41) is 11.4. The van der Waals surface area contributed by atoms with Gasteiger partial charge in [0.15, 0.2) is 0 Å². The number of likely N-dealkylation sites (tertiary alicyclic amines) is 1. The van der Waals surface area contributed by atoms with Crippen LogP contribution in [0.5, 0.6) is 0 Å². The van der Waals surface area contributed by atoms with Crippen LogP contribution in [-0.2, 0) is 11.3 Å². The van der Waals surface area contributed by atoms with Crippen molar-refractivity contribution in [2.45, 2.75) is 42.9 Å². The molecule has 0 bridgehead atoms. The second-order valence-electron chi connectivity index (χ2n) is 9.74. The molecule has 42 heavy (non-hydrogen) atoms. The third-order valence-corrected chi connectivity index (χ3v) is 7.68. The highest BCUT2D eigenvalue weighted by Gasteiger charge is 2.33. The molecule has 5 rings (SSSR count). The van der Waals surface area contributed by atoms with Crippen LogP contribution in [0.3, 0.4) is 0 Å². The van der Waals surface area contributed by atoms with E-state index in [1.165, 1.54) is 27.8 Å². The van der Waals surface area contributed by atoms with Crippen LogP contribution in [0.15, 0.2) is 58.2 Å². The lowest BCUT2D eigenvalue weighted by atomic mass is 10.0. The number of carbonyl (C=O) groups is 1. The molecule has 9 nitrogen and oxygen atoms in total. The van der Waals surface area contributed by atoms with E-state index < -0.39 is 25.0 Å². The predicted octanol–water partition coefficient (Wildman–Crippen LogP) is 6.02. The second-order valence-corrected chi connectivity index (χ2v) is 10.6.